The minimum atomic E-state index is -3.78. The van der Waals surface area contributed by atoms with E-state index in [2.05, 4.69) is 5.32 Å². The smallest absolute Gasteiger partial charge is 0.206 e. The number of halogens is 1. The molecule has 1 saturated carbocycles. The molecule has 1 aliphatic carbocycles. The fourth-order valence-corrected chi connectivity index (χ4v) is 6.03. The minimum absolute atomic E-state index is 0.0327. The number of sulfone groups is 1. The van der Waals surface area contributed by atoms with E-state index in [0.29, 0.717) is 5.92 Å². The molecule has 1 aromatic heterocycles. The SMILES string of the molecule is O=S(=O)(c1cccc(F)c1)c1ccc2oc3c(c2c1)CCNC3C1CCCC1. The summed E-state index contributed by atoms with van der Waals surface area (Å²) in [6.07, 6.45) is 5.73. The van der Waals surface area contributed by atoms with Crippen LogP contribution in [0.4, 0.5) is 4.39 Å². The Hall–Kier alpha value is -2.18. The van der Waals surface area contributed by atoms with E-state index in [-0.39, 0.29) is 15.8 Å². The van der Waals surface area contributed by atoms with Crippen molar-refractivity contribution in [2.24, 2.45) is 5.92 Å². The molecule has 0 bridgehead atoms. The molecule has 0 amide bonds. The van der Waals surface area contributed by atoms with E-state index in [1.807, 2.05) is 0 Å². The Morgan fingerprint density at radius 3 is 2.61 bits per heavy atom. The van der Waals surface area contributed by atoms with Gasteiger partial charge in [0.25, 0.3) is 0 Å². The first-order valence-electron chi connectivity index (χ1n) is 9.83. The van der Waals surface area contributed by atoms with E-state index in [9.17, 15) is 12.8 Å². The minimum Gasteiger partial charge on any atom is -0.459 e. The molecular formula is C22H22FNO3S. The zero-order valence-corrected chi connectivity index (χ0v) is 16.3. The zero-order chi connectivity index (χ0) is 19.3. The molecule has 1 fully saturated rings. The van der Waals surface area contributed by atoms with Crippen molar-refractivity contribution in [3.05, 3.63) is 59.6 Å². The monoisotopic (exact) mass is 399 g/mol. The maximum atomic E-state index is 13.5. The first-order chi connectivity index (χ1) is 13.5. The number of furan rings is 1. The van der Waals surface area contributed by atoms with Gasteiger partial charge in [-0.15, -0.1) is 0 Å². The van der Waals surface area contributed by atoms with E-state index in [4.69, 9.17) is 4.42 Å². The van der Waals surface area contributed by atoms with Gasteiger partial charge >= 0.3 is 0 Å². The van der Waals surface area contributed by atoms with Crippen molar-refractivity contribution in [3.63, 3.8) is 0 Å². The Bertz CT molecular complexity index is 1150. The predicted molar refractivity (Wildman–Crippen MR) is 104 cm³/mol. The molecule has 0 saturated heterocycles. The van der Waals surface area contributed by atoms with Crippen molar-refractivity contribution in [3.8, 4) is 0 Å². The van der Waals surface area contributed by atoms with Crippen LogP contribution in [0.15, 0.2) is 56.7 Å². The highest BCUT2D eigenvalue weighted by Crippen LogP contribution is 2.42. The quantitative estimate of drug-likeness (QED) is 0.688. The summed E-state index contributed by atoms with van der Waals surface area (Å²) in [5.74, 6) is 0.983. The van der Waals surface area contributed by atoms with E-state index < -0.39 is 15.7 Å². The standard InChI is InChI=1S/C22H22FNO3S/c23-15-6-3-7-16(12-15)28(25,26)17-8-9-20-19(13-17)18-10-11-24-21(22(18)27-20)14-4-1-2-5-14/h3,6-9,12-14,21,24H,1-2,4-5,10-11H2. The van der Waals surface area contributed by atoms with Gasteiger partial charge in [0, 0.05) is 17.5 Å². The molecule has 146 valence electrons. The molecule has 1 unspecified atom stereocenters. The first kappa shape index (κ1) is 17.9. The van der Waals surface area contributed by atoms with Crippen LogP contribution in [0.3, 0.4) is 0 Å². The summed E-state index contributed by atoms with van der Waals surface area (Å²) in [6, 6.07) is 10.3. The summed E-state index contributed by atoms with van der Waals surface area (Å²) < 4.78 is 45.7. The van der Waals surface area contributed by atoms with Gasteiger partial charge in [0.1, 0.15) is 17.2 Å². The third-order valence-electron chi connectivity index (χ3n) is 6.10. The maximum Gasteiger partial charge on any atom is 0.206 e. The van der Waals surface area contributed by atoms with Gasteiger partial charge in [-0.1, -0.05) is 18.9 Å². The van der Waals surface area contributed by atoms with Crippen LogP contribution in [0.2, 0.25) is 0 Å². The Labute approximate surface area is 163 Å². The highest BCUT2D eigenvalue weighted by Gasteiger charge is 2.34. The van der Waals surface area contributed by atoms with E-state index in [1.54, 1.807) is 18.2 Å². The van der Waals surface area contributed by atoms with Gasteiger partial charge in [-0.25, -0.2) is 12.8 Å². The van der Waals surface area contributed by atoms with Gasteiger partial charge in [0.05, 0.1) is 15.8 Å². The fraction of sp³-hybridized carbons (Fsp3) is 0.364. The fourth-order valence-electron chi connectivity index (χ4n) is 4.71. The lowest BCUT2D eigenvalue weighted by atomic mass is 9.89. The van der Waals surface area contributed by atoms with Crippen LogP contribution in [0.1, 0.15) is 43.0 Å². The van der Waals surface area contributed by atoms with Gasteiger partial charge in [-0.3, -0.25) is 0 Å². The summed E-state index contributed by atoms with van der Waals surface area (Å²) in [5, 5.41) is 4.46. The molecule has 1 atom stereocenters. The second-order valence-corrected chi connectivity index (χ2v) is 9.74. The van der Waals surface area contributed by atoms with Crippen LogP contribution in [-0.2, 0) is 16.3 Å². The van der Waals surface area contributed by atoms with Crippen LogP contribution in [0, 0.1) is 11.7 Å². The van der Waals surface area contributed by atoms with Crippen molar-refractivity contribution in [1.82, 2.24) is 5.32 Å². The summed E-state index contributed by atoms with van der Waals surface area (Å²) in [5.41, 5.74) is 1.83. The number of fused-ring (bicyclic) bond motifs is 3. The maximum absolute atomic E-state index is 13.5. The number of benzene rings is 2. The third-order valence-corrected chi connectivity index (χ3v) is 7.85. The Balaban J connectivity index is 1.60. The summed E-state index contributed by atoms with van der Waals surface area (Å²) in [7, 11) is -3.78. The second kappa shape index (κ2) is 6.71. The Morgan fingerprint density at radius 1 is 1.04 bits per heavy atom. The van der Waals surface area contributed by atoms with Crippen LogP contribution < -0.4 is 5.32 Å². The highest BCUT2D eigenvalue weighted by molar-refractivity contribution is 7.91. The van der Waals surface area contributed by atoms with Crippen LogP contribution >= 0.6 is 0 Å². The lowest BCUT2D eigenvalue weighted by Gasteiger charge is -2.27. The van der Waals surface area contributed by atoms with Crippen molar-refractivity contribution in [1.29, 1.82) is 0 Å². The molecule has 2 aromatic carbocycles. The summed E-state index contributed by atoms with van der Waals surface area (Å²) in [6.45, 7) is 0.865. The largest absolute Gasteiger partial charge is 0.459 e. The summed E-state index contributed by atoms with van der Waals surface area (Å²) >= 11 is 0. The molecule has 28 heavy (non-hydrogen) atoms. The van der Waals surface area contributed by atoms with Gasteiger partial charge in [0.2, 0.25) is 9.84 Å². The second-order valence-electron chi connectivity index (χ2n) is 7.79. The molecule has 2 heterocycles. The highest BCUT2D eigenvalue weighted by atomic mass is 32.2. The molecule has 1 aliphatic heterocycles. The average Bonchev–Trinajstić information content (AvgIpc) is 3.35. The topological polar surface area (TPSA) is 59.3 Å². The van der Waals surface area contributed by atoms with Gasteiger partial charge < -0.3 is 9.73 Å². The van der Waals surface area contributed by atoms with Crippen LogP contribution in [0.5, 0.6) is 0 Å². The number of rotatable bonds is 3. The molecule has 4 nitrogen and oxygen atoms in total. The van der Waals surface area contributed by atoms with Crippen molar-refractivity contribution >= 4 is 20.8 Å². The normalized spacial score (nSPS) is 20.5. The van der Waals surface area contributed by atoms with Crippen LogP contribution in [0.25, 0.3) is 11.0 Å². The van der Waals surface area contributed by atoms with Crippen molar-refractivity contribution < 1.29 is 17.2 Å². The summed E-state index contributed by atoms with van der Waals surface area (Å²) in [4.78, 5) is 0.139. The number of hydrogen-bond acceptors (Lipinski definition) is 4. The van der Waals surface area contributed by atoms with E-state index in [1.165, 1.54) is 43.9 Å². The van der Waals surface area contributed by atoms with Gasteiger partial charge in [-0.2, -0.15) is 0 Å². The van der Waals surface area contributed by atoms with Crippen LogP contribution in [-0.4, -0.2) is 15.0 Å². The molecule has 1 N–H and O–H groups in total. The van der Waals surface area contributed by atoms with Crippen molar-refractivity contribution in [2.45, 2.75) is 47.9 Å². The van der Waals surface area contributed by atoms with Gasteiger partial charge in [-0.05, 0) is 61.6 Å². The molecule has 5 rings (SSSR count). The molecular weight excluding hydrogens is 377 g/mol. The van der Waals surface area contributed by atoms with Gasteiger partial charge in [0.15, 0.2) is 0 Å². The Morgan fingerprint density at radius 2 is 1.82 bits per heavy atom. The average molecular weight is 399 g/mol. The lowest BCUT2D eigenvalue weighted by molar-refractivity contribution is 0.304. The molecule has 6 heteroatoms. The Kier molecular flexibility index (Phi) is 4.29. The van der Waals surface area contributed by atoms with E-state index >= 15 is 0 Å². The van der Waals surface area contributed by atoms with Crippen molar-refractivity contribution in [2.75, 3.05) is 6.54 Å². The molecule has 2 aliphatic rings. The first-order valence-corrected chi connectivity index (χ1v) is 11.3. The molecule has 0 radical (unpaired) electrons. The zero-order valence-electron chi connectivity index (χ0n) is 15.4. The lowest BCUT2D eigenvalue weighted by Crippen LogP contribution is -2.33. The third kappa shape index (κ3) is 2.86. The predicted octanol–water partition coefficient (Wildman–Crippen LogP) is 4.78. The van der Waals surface area contributed by atoms with E-state index in [0.717, 1.165) is 41.3 Å². The molecule has 3 aromatic rings. The molecule has 0 spiro atoms. The number of hydrogen-bond donors (Lipinski definition) is 1. The number of nitrogens with one attached hydrogen (secondary N) is 1.